The Morgan fingerprint density at radius 3 is 2.88 bits per heavy atom. The van der Waals surface area contributed by atoms with Gasteiger partial charge in [0, 0.05) is 22.5 Å². The van der Waals surface area contributed by atoms with E-state index in [-0.39, 0.29) is 0 Å². The van der Waals surface area contributed by atoms with Gasteiger partial charge in [0.25, 0.3) is 0 Å². The maximum atomic E-state index is 5.96. The van der Waals surface area contributed by atoms with Crippen LogP contribution in [-0.2, 0) is 6.54 Å². The molecule has 0 radical (unpaired) electrons. The van der Waals surface area contributed by atoms with Crippen LogP contribution in [0.25, 0.3) is 0 Å². The number of nitrogens with one attached hydrogen (secondary N) is 1. The molecule has 1 aromatic carbocycles. The summed E-state index contributed by atoms with van der Waals surface area (Å²) >= 11 is 7.74. The first-order chi connectivity index (χ1) is 7.75. The zero-order valence-corrected chi connectivity index (χ0v) is 10.7. The van der Waals surface area contributed by atoms with Gasteiger partial charge in [0.2, 0.25) is 0 Å². The molecular weight excluding hydrogens is 238 g/mol. The van der Waals surface area contributed by atoms with Crippen LogP contribution in [0.1, 0.15) is 23.4 Å². The van der Waals surface area contributed by atoms with Crippen LogP contribution < -0.4 is 5.32 Å². The van der Waals surface area contributed by atoms with Gasteiger partial charge in [0.05, 0.1) is 0 Å². The summed E-state index contributed by atoms with van der Waals surface area (Å²) in [6, 6.07) is 12.5. The summed E-state index contributed by atoms with van der Waals surface area (Å²) in [7, 11) is 0. The second-order valence-electron chi connectivity index (χ2n) is 3.74. The molecule has 0 spiro atoms. The van der Waals surface area contributed by atoms with E-state index < -0.39 is 0 Å². The summed E-state index contributed by atoms with van der Waals surface area (Å²) in [6.45, 7) is 3.06. The number of rotatable bonds is 4. The van der Waals surface area contributed by atoms with Crippen LogP contribution in [0.2, 0.25) is 5.02 Å². The van der Waals surface area contributed by atoms with E-state index in [4.69, 9.17) is 11.6 Å². The molecule has 16 heavy (non-hydrogen) atoms. The summed E-state index contributed by atoms with van der Waals surface area (Å²) in [6.07, 6.45) is 0. The van der Waals surface area contributed by atoms with Crippen molar-refractivity contribution in [1.29, 1.82) is 0 Å². The summed E-state index contributed by atoms with van der Waals surface area (Å²) in [4.78, 5) is 1.36. The maximum Gasteiger partial charge on any atom is 0.0409 e. The third kappa shape index (κ3) is 3.08. The van der Waals surface area contributed by atoms with Crippen molar-refractivity contribution in [3.63, 3.8) is 0 Å². The predicted octanol–water partition coefficient (Wildman–Crippen LogP) is 4.25. The third-order valence-corrected chi connectivity index (χ3v) is 3.62. The molecule has 0 fully saturated rings. The molecule has 0 aliphatic heterocycles. The van der Waals surface area contributed by atoms with Crippen molar-refractivity contribution < 1.29 is 0 Å². The van der Waals surface area contributed by atoms with Gasteiger partial charge in [0.1, 0.15) is 0 Å². The largest absolute Gasteiger partial charge is 0.305 e. The van der Waals surface area contributed by atoms with Gasteiger partial charge in [-0.3, -0.25) is 0 Å². The lowest BCUT2D eigenvalue weighted by Crippen LogP contribution is -2.17. The highest BCUT2D eigenvalue weighted by Crippen LogP contribution is 2.18. The molecule has 2 rings (SSSR count). The van der Waals surface area contributed by atoms with Gasteiger partial charge < -0.3 is 5.32 Å². The van der Waals surface area contributed by atoms with Crippen molar-refractivity contribution >= 4 is 22.9 Å². The Kier molecular flexibility index (Phi) is 3.99. The highest BCUT2D eigenvalue weighted by molar-refractivity contribution is 7.09. The zero-order valence-electron chi connectivity index (χ0n) is 9.11. The van der Waals surface area contributed by atoms with Gasteiger partial charge in [0.15, 0.2) is 0 Å². The molecule has 0 unspecified atom stereocenters. The minimum Gasteiger partial charge on any atom is -0.305 e. The smallest absolute Gasteiger partial charge is 0.0409 e. The Morgan fingerprint density at radius 2 is 2.19 bits per heavy atom. The number of halogens is 1. The molecule has 3 heteroatoms. The maximum absolute atomic E-state index is 5.96. The molecule has 0 amide bonds. The van der Waals surface area contributed by atoms with Crippen LogP contribution in [0.4, 0.5) is 0 Å². The molecule has 1 aromatic heterocycles. The molecule has 0 aliphatic carbocycles. The lowest BCUT2D eigenvalue weighted by Gasteiger charge is -2.13. The highest BCUT2D eigenvalue weighted by atomic mass is 35.5. The van der Waals surface area contributed by atoms with E-state index in [1.807, 2.05) is 18.2 Å². The van der Waals surface area contributed by atoms with Crippen molar-refractivity contribution in [2.45, 2.75) is 19.5 Å². The van der Waals surface area contributed by atoms with E-state index >= 15 is 0 Å². The average Bonchev–Trinajstić information content (AvgIpc) is 2.78. The molecule has 1 nitrogen and oxygen atoms in total. The van der Waals surface area contributed by atoms with Crippen molar-refractivity contribution in [1.82, 2.24) is 5.32 Å². The van der Waals surface area contributed by atoms with Crippen LogP contribution in [0.3, 0.4) is 0 Å². The van der Waals surface area contributed by atoms with E-state index in [0.717, 1.165) is 11.6 Å². The molecule has 2 aromatic rings. The molecular formula is C13H14ClNS. The van der Waals surface area contributed by atoms with Crippen LogP contribution in [-0.4, -0.2) is 0 Å². The standard InChI is InChI=1S/C13H14ClNS/c1-10(11-4-2-5-12(14)8-11)15-9-13-6-3-7-16-13/h2-8,10,15H,9H2,1H3/t10-/m0/s1. The van der Waals surface area contributed by atoms with E-state index in [1.165, 1.54) is 10.4 Å². The highest BCUT2D eigenvalue weighted by Gasteiger charge is 2.05. The second kappa shape index (κ2) is 5.48. The Bertz CT molecular complexity index is 439. The molecule has 1 N–H and O–H groups in total. The quantitative estimate of drug-likeness (QED) is 0.857. The van der Waals surface area contributed by atoms with Crippen molar-refractivity contribution in [2.24, 2.45) is 0 Å². The monoisotopic (exact) mass is 251 g/mol. The Balaban J connectivity index is 1.95. The number of thiophene rings is 1. The lowest BCUT2D eigenvalue weighted by atomic mass is 10.1. The second-order valence-corrected chi connectivity index (χ2v) is 5.21. The van der Waals surface area contributed by atoms with Crippen LogP contribution >= 0.6 is 22.9 Å². The SMILES string of the molecule is C[C@H](NCc1cccs1)c1cccc(Cl)c1. The van der Waals surface area contributed by atoms with Crippen LogP contribution in [0.5, 0.6) is 0 Å². The summed E-state index contributed by atoms with van der Waals surface area (Å²) in [5.74, 6) is 0. The first kappa shape index (κ1) is 11.6. The number of hydrogen-bond donors (Lipinski definition) is 1. The molecule has 0 aliphatic rings. The van der Waals surface area contributed by atoms with E-state index in [9.17, 15) is 0 Å². The van der Waals surface area contributed by atoms with E-state index in [0.29, 0.717) is 6.04 Å². The van der Waals surface area contributed by atoms with Gasteiger partial charge in [-0.2, -0.15) is 0 Å². The summed E-state index contributed by atoms with van der Waals surface area (Å²) in [5, 5.41) is 6.37. The fourth-order valence-electron chi connectivity index (χ4n) is 1.56. The number of hydrogen-bond acceptors (Lipinski definition) is 2. The van der Waals surface area contributed by atoms with Gasteiger partial charge in [-0.15, -0.1) is 11.3 Å². The first-order valence-corrected chi connectivity index (χ1v) is 6.52. The molecule has 1 atom stereocenters. The molecule has 0 saturated heterocycles. The molecule has 0 bridgehead atoms. The summed E-state index contributed by atoms with van der Waals surface area (Å²) < 4.78 is 0. The Hall–Kier alpha value is -0.830. The number of benzene rings is 1. The van der Waals surface area contributed by atoms with Gasteiger partial charge >= 0.3 is 0 Å². The lowest BCUT2D eigenvalue weighted by molar-refractivity contribution is 0.579. The minimum atomic E-state index is 0.320. The Morgan fingerprint density at radius 1 is 1.31 bits per heavy atom. The van der Waals surface area contributed by atoms with Crippen molar-refractivity contribution in [2.75, 3.05) is 0 Å². The predicted molar refractivity (Wildman–Crippen MR) is 71.0 cm³/mol. The molecule has 1 heterocycles. The topological polar surface area (TPSA) is 12.0 Å². The van der Waals surface area contributed by atoms with Gasteiger partial charge in [-0.05, 0) is 36.1 Å². The average molecular weight is 252 g/mol. The van der Waals surface area contributed by atoms with Crippen LogP contribution in [0.15, 0.2) is 41.8 Å². The van der Waals surface area contributed by atoms with Gasteiger partial charge in [-0.25, -0.2) is 0 Å². The van der Waals surface area contributed by atoms with Crippen molar-refractivity contribution in [3.8, 4) is 0 Å². The molecule has 84 valence electrons. The van der Waals surface area contributed by atoms with Gasteiger partial charge in [-0.1, -0.05) is 29.8 Å². The fourth-order valence-corrected chi connectivity index (χ4v) is 2.42. The third-order valence-electron chi connectivity index (χ3n) is 2.51. The first-order valence-electron chi connectivity index (χ1n) is 5.27. The van der Waals surface area contributed by atoms with E-state index in [2.05, 4.69) is 35.8 Å². The summed E-state index contributed by atoms with van der Waals surface area (Å²) in [5.41, 5.74) is 1.23. The fraction of sp³-hybridized carbons (Fsp3) is 0.231. The van der Waals surface area contributed by atoms with Crippen molar-refractivity contribution in [3.05, 3.63) is 57.2 Å². The Labute approximate surface area is 105 Å². The van der Waals surface area contributed by atoms with Crippen LogP contribution in [0, 0.1) is 0 Å². The zero-order chi connectivity index (χ0) is 11.4. The minimum absolute atomic E-state index is 0.320. The normalized spacial score (nSPS) is 12.6. The molecule has 0 saturated carbocycles. The van der Waals surface area contributed by atoms with E-state index in [1.54, 1.807) is 11.3 Å².